The Kier molecular flexibility index (Phi) is 2.27. The number of aromatic nitrogens is 2. The van der Waals surface area contributed by atoms with Crippen molar-refractivity contribution in [2.75, 3.05) is 0 Å². The molecule has 76 valence electrons. The molecule has 0 aliphatic heterocycles. The molecule has 1 N–H and O–H groups in total. The summed E-state index contributed by atoms with van der Waals surface area (Å²) in [5, 5.41) is 13.1. The van der Waals surface area contributed by atoms with Crippen LogP contribution in [0.15, 0.2) is 6.20 Å². The first-order valence-corrected chi connectivity index (χ1v) is 5.03. The molecule has 0 unspecified atom stereocenters. The molecule has 1 heterocycles. The molecular formula is C10H14N2O2. The van der Waals surface area contributed by atoms with E-state index in [1.165, 1.54) is 6.20 Å². The fourth-order valence-corrected chi connectivity index (χ4v) is 1.74. The number of hydrogen-bond acceptors (Lipinski definition) is 2. The minimum atomic E-state index is -0.853. The van der Waals surface area contributed by atoms with Gasteiger partial charge in [-0.1, -0.05) is 6.92 Å². The Morgan fingerprint density at radius 2 is 2.43 bits per heavy atom. The molecule has 1 aromatic heterocycles. The minimum Gasteiger partial charge on any atom is -0.478 e. The molecule has 4 nitrogen and oxygen atoms in total. The van der Waals surface area contributed by atoms with Gasteiger partial charge in [0.25, 0.3) is 0 Å². The fourth-order valence-electron chi connectivity index (χ4n) is 1.74. The van der Waals surface area contributed by atoms with Crippen LogP contribution in [0.25, 0.3) is 0 Å². The first kappa shape index (κ1) is 9.24. The molecule has 0 aromatic carbocycles. The van der Waals surface area contributed by atoms with Crippen molar-refractivity contribution in [1.29, 1.82) is 0 Å². The molecule has 1 aromatic rings. The van der Waals surface area contributed by atoms with Gasteiger partial charge < -0.3 is 5.11 Å². The van der Waals surface area contributed by atoms with Gasteiger partial charge in [-0.3, -0.25) is 4.68 Å². The summed E-state index contributed by atoms with van der Waals surface area (Å²) < 4.78 is 1.85. The van der Waals surface area contributed by atoms with Crippen molar-refractivity contribution in [2.45, 2.75) is 38.6 Å². The largest absolute Gasteiger partial charge is 0.478 e. The monoisotopic (exact) mass is 194 g/mol. The third-order valence-corrected chi connectivity index (χ3v) is 2.51. The van der Waals surface area contributed by atoms with Crippen molar-refractivity contribution in [3.05, 3.63) is 17.5 Å². The highest BCUT2D eigenvalue weighted by Gasteiger charge is 2.31. The predicted octanol–water partition coefficient (Wildman–Crippen LogP) is 1.87. The number of carboxylic acid groups (broad SMARTS) is 1. The molecule has 1 aliphatic rings. The van der Waals surface area contributed by atoms with E-state index in [0.717, 1.165) is 31.5 Å². The number of aromatic carboxylic acids is 1. The van der Waals surface area contributed by atoms with Gasteiger partial charge in [0.15, 0.2) is 0 Å². The summed E-state index contributed by atoms with van der Waals surface area (Å²) in [5.41, 5.74) is 1.32. The van der Waals surface area contributed by atoms with Crippen LogP contribution in [-0.2, 0) is 6.54 Å². The van der Waals surface area contributed by atoms with Crippen molar-refractivity contribution >= 4 is 5.97 Å². The van der Waals surface area contributed by atoms with Crippen LogP contribution in [0.2, 0.25) is 0 Å². The molecular weight excluding hydrogens is 180 g/mol. The summed E-state index contributed by atoms with van der Waals surface area (Å²) in [5.74, 6) is -0.413. The minimum absolute atomic E-state index is 0.390. The normalized spacial score (nSPS) is 15.8. The molecule has 4 heteroatoms. The highest BCUT2D eigenvalue weighted by Crippen LogP contribution is 2.41. The molecule has 0 radical (unpaired) electrons. The zero-order chi connectivity index (χ0) is 10.1. The summed E-state index contributed by atoms with van der Waals surface area (Å²) in [4.78, 5) is 10.9. The smallest absolute Gasteiger partial charge is 0.339 e. The Bertz CT molecular complexity index is 353. The maximum absolute atomic E-state index is 10.9. The van der Waals surface area contributed by atoms with Gasteiger partial charge in [0, 0.05) is 12.5 Å². The third kappa shape index (κ3) is 1.52. The highest BCUT2D eigenvalue weighted by atomic mass is 16.4. The summed E-state index contributed by atoms with van der Waals surface area (Å²) in [7, 11) is 0. The zero-order valence-electron chi connectivity index (χ0n) is 8.23. The van der Waals surface area contributed by atoms with E-state index in [9.17, 15) is 4.79 Å². The molecule has 1 fully saturated rings. The summed E-state index contributed by atoms with van der Waals surface area (Å²) >= 11 is 0. The van der Waals surface area contributed by atoms with E-state index in [1.54, 1.807) is 0 Å². The van der Waals surface area contributed by atoms with Gasteiger partial charge in [-0.25, -0.2) is 4.79 Å². The van der Waals surface area contributed by atoms with Crippen LogP contribution < -0.4 is 0 Å². The average molecular weight is 194 g/mol. The van der Waals surface area contributed by atoms with E-state index in [0.29, 0.717) is 11.5 Å². The second kappa shape index (κ2) is 3.44. The van der Waals surface area contributed by atoms with Gasteiger partial charge in [-0.2, -0.15) is 5.10 Å². The predicted molar refractivity (Wildman–Crippen MR) is 51.5 cm³/mol. The summed E-state index contributed by atoms with van der Waals surface area (Å²) in [6.45, 7) is 2.89. The summed E-state index contributed by atoms with van der Waals surface area (Å²) in [6.07, 6.45) is 4.68. The van der Waals surface area contributed by atoms with E-state index in [1.807, 2.05) is 4.68 Å². The van der Waals surface area contributed by atoms with Crippen LogP contribution in [0.3, 0.4) is 0 Å². The molecule has 0 amide bonds. The molecule has 0 spiro atoms. The Hall–Kier alpha value is -1.32. The Morgan fingerprint density at radius 3 is 2.93 bits per heavy atom. The molecule has 0 saturated heterocycles. The van der Waals surface area contributed by atoms with Gasteiger partial charge in [-0.05, 0) is 19.3 Å². The Morgan fingerprint density at radius 1 is 1.71 bits per heavy atom. The standard InChI is InChI=1S/C10H14N2O2/c1-2-5-12-9(7-3-4-7)8(6-11-12)10(13)14/h6-7H,2-5H2,1H3,(H,13,14). The Labute approximate surface area is 82.5 Å². The lowest BCUT2D eigenvalue weighted by molar-refractivity contribution is 0.0695. The fraction of sp³-hybridized carbons (Fsp3) is 0.600. The summed E-state index contributed by atoms with van der Waals surface area (Å²) in [6, 6.07) is 0. The average Bonchev–Trinajstić information content (AvgIpc) is 2.88. The van der Waals surface area contributed by atoms with E-state index in [2.05, 4.69) is 12.0 Å². The Balaban J connectivity index is 2.36. The first-order chi connectivity index (χ1) is 6.74. The van der Waals surface area contributed by atoms with Crippen molar-refractivity contribution in [2.24, 2.45) is 0 Å². The lowest BCUT2D eigenvalue weighted by Crippen LogP contribution is -2.06. The van der Waals surface area contributed by atoms with Crippen molar-refractivity contribution in [3.8, 4) is 0 Å². The molecule has 14 heavy (non-hydrogen) atoms. The quantitative estimate of drug-likeness (QED) is 0.796. The van der Waals surface area contributed by atoms with Crippen LogP contribution >= 0.6 is 0 Å². The van der Waals surface area contributed by atoms with E-state index >= 15 is 0 Å². The van der Waals surface area contributed by atoms with Gasteiger partial charge >= 0.3 is 5.97 Å². The molecule has 2 rings (SSSR count). The van der Waals surface area contributed by atoms with Crippen molar-refractivity contribution < 1.29 is 9.90 Å². The number of carbonyl (C=O) groups is 1. The second-order valence-electron chi connectivity index (χ2n) is 3.75. The lowest BCUT2D eigenvalue weighted by atomic mass is 10.2. The topological polar surface area (TPSA) is 55.1 Å². The van der Waals surface area contributed by atoms with Crippen molar-refractivity contribution in [1.82, 2.24) is 9.78 Å². The first-order valence-electron chi connectivity index (χ1n) is 5.03. The third-order valence-electron chi connectivity index (χ3n) is 2.51. The van der Waals surface area contributed by atoms with Crippen LogP contribution in [0.1, 0.15) is 48.2 Å². The SMILES string of the molecule is CCCn1ncc(C(=O)O)c1C1CC1. The number of rotatable bonds is 4. The van der Waals surface area contributed by atoms with Crippen LogP contribution in [0.5, 0.6) is 0 Å². The van der Waals surface area contributed by atoms with E-state index < -0.39 is 5.97 Å². The van der Waals surface area contributed by atoms with Gasteiger partial charge in [-0.15, -0.1) is 0 Å². The maximum atomic E-state index is 10.9. The van der Waals surface area contributed by atoms with Crippen LogP contribution in [0.4, 0.5) is 0 Å². The molecule has 0 bridgehead atoms. The molecule has 0 atom stereocenters. The number of aryl methyl sites for hydroxylation is 1. The van der Waals surface area contributed by atoms with Crippen molar-refractivity contribution in [3.63, 3.8) is 0 Å². The highest BCUT2D eigenvalue weighted by molar-refractivity contribution is 5.89. The molecule has 1 saturated carbocycles. The second-order valence-corrected chi connectivity index (χ2v) is 3.75. The number of carboxylic acids is 1. The van der Waals surface area contributed by atoms with Gasteiger partial charge in [0.1, 0.15) is 5.56 Å². The number of nitrogens with zero attached hydrogens (tertiary/aromatic N) is 2. The van der Waals surface area contributed by atoms with E-state index in [4.69, 9.17) is 5.11 Å². The van der Waals surface area contributed by atoms with Gasteiger partial charge in [0.2, 0.25) is 0 Å². The molecule has 1 aliphatic carbocycles. The zero-order valence-corrected chi connectivity index (χ0v) is 8.23. The van der Waals surface area contributed by atoms with Gasteiger partial charge in [0.05, 0.1) is 11.9 Å². The maximum Gasteiger partial charge on any atom is 0.339 e. The lowest BCUT2D eigenvalue weighted by Gasteiger charge is -2.05. The van der Waals surface area contributed by atoms with Crippen LogP contribution in [0, 0.1) is 0 Å². The number of hydrogen-bond donors (Lipinski definition) is 1. The van der Waals surface area contributed by atoms with E-state index in [-0.39, 0.29) is 0 Å². The van der Waals surface area contributed by atoms with Crippen LogP contribution in [-0.4, -0.2) is 20.9 Å².